The van der Waals surface area contributed by atoms with Gasteiger partial charge >= 0.3 is 0 Å². The zero-order chi connectivity index (χ0) is 26.3. The van der Waals surface area contributed by atoms with Crippen LogP contribution in [0.4, 0.5) is 4.39 Å². The predicted molar refractivity (Wildman–Crippen MR) is 138 cm³/mol. The number of rotatable bonds is 7. The first-order valence-electron chi connectivity index (χ1n) is 13.0. The average Bonchev–Trinajstić information content (AvgIpc) is 3.67. The third kappa shape index (κ3) is 4.94. The first kappa shape index (κ1) is 26.3. The van der Waals surface area contributed by atoms with Crippen LogP contribution < -0.4 is 10.6 Å². The molecule has 37 heavy (non-hydrogen) atoms. The molecular formula is C28H35FN2O5S. The Bertz CT molecular complexity index is 1240. The number of carbonyl (C=O) groups is 1. The lowest BCUT2D eigenvalue weighted by Crippen LogP contribution is -2.53. The Morgan fingerprint density at radius 1 is 1.14 bits per heavy atom. The SMILES string of the molecule is C[C@@H]1NC[C@@H](c2ccccc2)S(=O)(=O)C1Cc1ccc(C2(C(=O)NC3(CO)CC3)CCOCC2)cc1F. The van der Waals surface area contributed by atoms with Crippen molar-refractivity contribution >= 4 is 15.7 Å². The summed E-state index contributed by atoms with van der Waals surface area (Å²) in [6.07, 6.45) is 2.32. The van der Waals surface area contributed by atoms with Crippen molar-refractivity contribution in [2.24, 2.45) is 0 Å². The number of ether oxygens (including phenoxy) is 1. The molecule has 2 aromatic rings. The van der Waals surface area contributed by atoms with Crippen molar-refractivity contribution < 1.29 is 27.4 Å². The number of amides is 1. The van der Waals surface area contributed by atoms with Gasteiger partial charge in [-0.05, 0) is 61.8 Å². The van der Waals surface area contributed by atoms with E-state index in [1.54, 1.807) is 12.1 Å². The summed E-state index contributed by atoms with van der Waals surface area (Å²) in [4.78, 5) is 13.5. The first-order valence-corrected chi connectivity index (χ1v) is 14.6. The van der Waals surface area contributed by atoms with E-state index in [9.17, 15) is 18.3 Å². The lowest BCUT2D eigenvalue weighted by atomic mass is 9.72. The van der Waals surface area contributed by atoms with E-state index in [1.165, 1.54) is 6.07 Å². The van der Waals surface area contributed by atoms with E-state index in [0.717, 1.165) is 18.4 Å². The summed E-state index contributed by atoms with van der Waals surface area (Å²) in [7, 11) is -3.59. The Labute approximate surface area is 217 Å². The highest BCUT2D eigenvalue weighted by Crippen LogP contribution is 2.41. The van der Waals surface area contributed by atoms with Gasteiger partial charge in [-0.2, -0.15) is 0 Å². The summed E-state index contributed by atoms with van der Waals surface area (Å²) in [5.74, 6) is -0.725. The highest BCUT2D eigenvalue weighted by Gasteiger charge is 2.50. The highest BCUT2D eigenvalue weighted by atomic mass is 32.2. The van der Waals surface area contributed by atoms with Gasteiger partial charge in [-0.15, -0.1) is 0 Å². The predicted octanol–water partition coefficient (Wildman–Crippen LogP) is 2.57. The second-order valence-corrected chi connectivity index (χ2v) is 13.2. The standard InChI is InChI=1S/C28H35FN2O5S/c1-19-24(37(34,35)25(17-30-19)20-5-3-2-4-6-20)15-21-7-8-22(16-23(21)29)28(11-13-36-14-12-28)26(33)31-27(18-32)9-10-27/h2-8,16,19,24-25,30,32H,9-15,17-18H2,1H3,(H,31,33)/t19-,24?,25-/m0/s1. The van der Waals surface area contributed by atoms with Gasteiger partial charge in [0.15, 0.2) is 9.84 Å². The van der Waals surface area contributed by atoms with Crippen LogP contribution in [0.15, 0.2) is 48.5 Å². The quantitative estimate of drug-likeness (QED) is 0.508. The van der Waals surface area contributed by atoms with Crippen LogP contribution >= 0.6 is 0 Å². The van der Waals surface area contributed by atoms with Gasteiger partial charge in [0.1, 0.15) is 5.82 Å². The van der Waals surface area contributed by atoms with E-state index < -0.39 is 37.1 Å². The largest absolute Gasteiger partial charge is 0.394 e. The van der Waals surface area contributed by atoms with E-state index in [0.29, 0.717) is 43.7 Å². The monoisotopic (exact) mass is 530 g/mol. The molecule has 1 unspecified atom stereocenters. The minimum absolute atomic E-state index is 0.0435. The van der Waals surface area contributed by atoms with Gasteiger partial charge in [-0.3, -0.25) is 4.79 Å². The van der Waals surface area contributed by atoms with Crippen LogP contribution in [0.5, 0.6) is 0 Å². The molecule has 0 bridgehead atoms. The molecule has 200 valence electrons. The van der Waals surface area contributed by atoms with Crippen molar-refractivity contribution in [2.75, 3.05) is 26.4 Å². The lowest BCUT2D eigenvalue weighted by molar-refractivity contribution is -0.131. The van der Waals surface area contributed by atoms with Crippen LogP contribution in [0.2, 0.25) is 0 Å². The number of sulfone groups is 1. The van der Waals surface area contributed by atoms with Gasteiger partial charge in [0.2, 0.25) is 5.91 Å². The Morgan fingerprint density at radius 2 is 1.84 bits per heavy atom. The van der Waals surface area contributed by atoms with E-state index in [1.807, 2.05) is 37.3 Å². The smallest absolute Gasteiger partial charge is 0.231 e. The maximum Gasteiger partial charge on any atom is 0.231 e. The molecule has 2 saturated heterocycles. The molecule has 0 aromatic heterocycles. The summed E-state index contributed by atoms with van der Waals surface area (Å²) in [6, 6.07) is 13.6. The second-order valence-electron chi connectivity index (χ2n) is 10.8. The van der Waals surface area contributed by atoms with Crippen molar-refractivity contribution in [3.8, 4) is 0 Å². The van der Waals surface area contributed by atoms with Gasteiger partial charge in [0.25, 0.3) is 0 Å². The van der Waals surface area contributed by atoms with Gasteiger partial charge < -0.3 is 20.5 Å². The molecule has 2 heterocycles. The number of hydrogen-bond donors (Lipinski definition) is 3. The van der Waals surface area contributed by atoms with Gasteiger partial charge in [0, 0.05) is 25.8 Å². The Hall–Kier alpha value is -2.33. The molecule has 2 aromatic carbocycles. The molecule has 9 heteroatoms. The maximum absolute atomic E-state index is 15.6. The number of nitrogens with one attached hydrogen (secondary N) is 2. The van der Waals surface area contributed by atoms with Crippen LogP contribution in [0, 0.1) is 5.82 Å². The molecule has 1 amide bonds. The second kappa shape index (κ2) is 10.1. The number of aliphatic hydroxyl groups is 1. The highest BCUT2D eigenvalue weighted by molar-refractivity contribution is 7.92. The maximum atomic E-state index is 15.6. The third-order valence-electron chi connectivity index (χ3n) is 8.52. The van der Waals surface area contributed by atoms with Gasteiger partial charge in [-0.1, -0.05) is 42.5 Å². The fourth-order valence-electron chi connectivity index (χ4n) is 5.73. The Balaban J connectivity index is 1.41. The summed E-state index contributed by atoms with van der Waals surface area (Å²) in [5.41, 5.74) is 0.0761. The number of aliphatic hydroxyl groups excluding tert-OH is 1. The van der Waals surface area contributed by atoms with E-state index >= 15 is 4.39 Å². The molecule has 0 spiro atoms. The van der Waals surface area contributed by atoms with E-state index in [4.69, 9.17) is 4.74 Å². The molecule has 1 aliphatic carbocycles. The molecule has 3 atom stereocenters. The molecule has 3 fully saturated rings. The number of benzene rings is 2. The van der Waals surface area contributed by atoms with Crippen LogP contribution in [-0.2, 0) is 31.2 Å². The summed E-state index contributed by atoms with van der Waals surface area (Å²) in [6.45, 7) is 2.79. The van der Waals surface area contributed by atoms with Crippen LogP contribution in [0.25, 0.3) is 0 Å². The zero-order valence-electron chi connectivity index (χ0n) is 21.1. The van der Waals surface area contributed by atoms with Crippen LogP contribution in [-0.4, -0.2) is 62.6 Å². The van der Waals surface area contributed by atoms with Crippen LogP contribution in [0.1, 0.15) is 54.5 Å². The third-order valence-corrected chi connectivity index (χ3v) is 11.2. The first-order chi connectivity index (χ1) is 17.7. The molecular weight excluding hydrogens is 495 g/mol. The van der Waals surface area contributed by atoms with Crippen molar-refractivity contribution in [3.05, 3.63) is 71.0 Å². The molecule has 0 radical (unpaired) electrons. The Kier molecular flexibility index (Phi) is 7.17. The minimum atomic E-state index is -3.59. The Morgan fingerprint density at radius 3 is 2.46 bits per heavy atom. The zero-order valence-corrected chi connectivity index (χ0v) is 21.9. The molecule has 2 aliphatic heterocycles. The minimum Gasteiger partial charge on any atom is -0.394 e. The van der Waals surface area contributed by atoms with Crippen molar-refractivity contribution in [1.82, 2.24) is 10.6 Å². The topological polar surface area (TPSA) is 105 Å². The number of carbonyl (C=O) groups excluding carboxylic acids is 1. The summed E-state index contributed by atoms with van der Waals surface area (Å²) in [5, 5.41) is 14.5. The molecule has 1 saturated carbocycles. The molecule has 3 N–H and O–H groups in total. The summed E-state index contributed by atoms with van der Waals surface area (Å²) < 4.78 is 48.3. The van der Waals surface area contributed by atoms with Crippen molar-refractivity contribution in [1.29, 1.82) is 0 Å². The van der Waals surface area contributed by atoms with Crippen molar-refractivity contribution in [3.63, 3.8) is 0 Å². The molecule has 7 nitrogen and oxygen atoms in total. The fourth-order valence-corrected chi connectivity index (χ4v) is 8.10. The average molecular weight is 531 g/mol. The van der Waals surface area contributed by atoms with Gasteiger partial charge in [0.05, 0.1) is 28.1 Å². The van der Waals surface area contributed by atoms with E-state index in [-0.39, 0.29) is 25.0 Å². The van der Waals surface area contributed by atoms with E-state index in [2.05, 4.69) is 10.6 Å². The fraction of sp³-hybridized carbons (Fsp3) is 0.536. The number of halogens is 1. The van der Waals surface area contributed by atoms with Gasteiger partial charge in [-0.25, -0.2) is 12.8 Å². The lowest BCUT2D eigenvalue weighted by Gasteiger charge is -2.38. The molecule has 3 aliphatic rings. The number of hydrogen-bond acceptors (Lipinski definition) is 6. The normalized spacial score (nSPS) is 27.8. The summed E-state index contributed by atoms with van der Waals surface area (Å²) >= 11 is 0. The molecule has 5 rings (SSSR count). The van der Waals surface area contributed by atoms with Crippen LogP contribution in [0.3, 0.4) is 0 Å². The van der Waals surface area contributed by atoms with Crippen molar-refractivity contribution in [2.45, 2.75) is 66.5 Å².